The van der Waals surface area contributed by atoms with Gasteiger partial charge in [0.15, 0.2) is 0 Å². The summed E-state index contributed by atoms with van der Waals surface area (Å²) in [7, 11) is 0. The van der Waals surface area contributed by atoms with Gasteiger partial charge in [-0.1, -0.05) is 92.8 Å². The van der Waals surface area contributed by atoms with E-state index in [0.717, 1.165) is 5.92 Å². The van der Waals surface area contributed by atoms with Crippen molar-refractivity contribution in [2.24, 2.45) is 0 Å². The highest BCUT2D eigenvalue weighted by Crippen LogP contribution is 2.34. The van der Waals surface area contributed by atoms with E-state index in [4.69, 9.17) is 0 Å². The summed E-state index contributed by atoms with van der Waals surface area (Å²) in [5.74, 6) is 1.37. The van der Waals surface area contributed by atoms with E-state index in [0.29, 0.717) is 5.92 Å². The van der Waals surface area contributed by atoms with Crippen LogP contribution in [-0.2, 0) is 0 Å². The average Bonchev–Trinajstić information content (AvgIpc) is 2.74. The Hall–Kier alpha value is -1.56. The lowest BCUT2D eigenvalue weighted by atomic mass is 9.83. The number of rotatable bonds is 11. The van der Waals surface area contributed by atoms with Crippen molar-refractivity contribution < 1.29 is 0 Å². The van der Waals surface area contributed by atoms with E-state index >= 15 is 0 Å². The molecule has 1 aromatic carbocycles. The minimum Gasteiger partial charge on any atom is -0.0877 e. The van der Waals surface area contributed by atoms with E-state index in [1.807, 2.05) is 0 Å². The van der Waals surface area contributed by atoms with Crippen molar-refractivity contribution in [1.29, 1.82) is 0 Å². The Morgan fingerprint density at radius 1 is 1.04 bits per heavy atom. The van der Waals surface area contributed by atoms with E-state index in [2.05, 4.69) is 75.4 Å². The second-order valence-electron chi connectivity index (χ2n) is 8.61. The van der Waals surface area contributed by atoms with Crippen molar-refractivity contribution in [3.05, 3.63) is 71.3 Å². The van der Waals surface area contributed by atoms with Crippen molar-refractivity contribution >= 4 is 0 Å². The van der Waals surface area contributed by atoms with Crippen LogP contribution in [0.3, 0.4) is 0 Å². The zero-order valence-electron chi connectivity index (χ0n) is 18.6. The molecule has 0 radical (unpaired) electrons. The highest BCUT2D eigenvalue weighted by Gasteiger charge is 2.16. The number of hydrogen-bond donors (Lipinski definition) is 0. The highest BCUT2D eigenvalue weighted by atomic mass is 14.2. The van der Waals surface area contributed by atoms with Gasteiger partial charge < -0.3 is 0 Å². The zero-order valence-corrected chi connectivity index (χ0v) is 18.6. The third-order valence-corrected chi connectivity index (χ3v) is 6.18. The van der Waals surface area contributed by atoms with Crippen LogP contribution in [0.4, 0.5) is 0 Å². The van der Waals surface area contributed by atoms with Crippen LogP contribution in [-0.4, -0.2) is 0 Å². The van der Waals surface area contributed by atoms with Crippen LogP contribution in [0, 0.1) is 0 Å². The van der Waals surface area contributed by atoms with Crippen molar-refractivity contribution in [1.82, 2.24) is 0 Å². The molecule has 0 N–H and O–H groups in total. The minimum atomic E-state index is 0.562. The number of hydrogen-bond acceptors (Lipinski definition) is 0. The third-order valence-electron chi connectivity index (χ3n) is 6.18. The molecule has 1 fully saturated rings. The molecule has 0 amide bonds. The Kier molecular flexibility index (Phi) is 11.0. The monoisotopic (exact) mass is 378 g/mol. The van der Waals surface area contributed by atoms with Crippen molar-refractivity contribution in [2.45, 2.75) is 103 Å². The normalized spacial score (nSPS) is 17.6. The predicted octanol–water partition coefficient (Wildman–Crippen LogP) is 9.26. The summed E-state index contributed by atoms with van der Waals surface area (Å²) in [4.78, 5) is 0. The Bertz CT molecular complexity index is 608. The molecule has 1 aromatic rings. The lowest BCUT2D eigenvalue weighted by molar-refractivity contribution is 0.443. The molecule has 0 nitrogen and oxygen atoms in total. The van der Waals surface area contributed by atoms with Crippen molar-refractivity contribution in [3.8, 4) is 0 Å². The first-order chi connectivity index (χ1) is 13.7. The average molecular weight is 379 g/mol. The highest BCUT2D eigenvalue weighted by molar-refractivity contribution is 5.31. The summed E-state index contributed by atoms with van der Waals surface area (Å²) in [6.07, 6.45) is 25.8. The number of unbranched alkanes of at least 4 members (excludes halogenated alkanes) is 2. The van der Waals surface area contributed by atoms with Gasteiger partial charge in [-0.25, -0.2) is 0 Å². The van der Waals surface area contributed by atoms with Crippen LogP contribution in [0.25, 0.3) is 0 Å². The summed E-state index contributed by atoms with van der Waals surface area (Å²) >= 11 is 0. The zero-order chi connectivity index (χ0) is 20.0. The summed E-state index contributed by atoms with van der Waals surface area (Å²) in [6.45, 7) is 6.68. The predicted molar refractivity (Wildman–Crippen MR) is 126 cm³/mol. The minimum absolute atomic E-state index is 0.562. The van der Waals surface area contributed by atoms with E-state index in [-0.39, 0.29) is 0 Å². The van der Waals surface area contributed by atoms with Gasteiger partial charge in [0.2, 0.25) is 0 Å². The topological polar surface area (TPSA) is 0 Å². The Balaban J connectivity index is 2.03. The fourth-order valence-corrected chi connectivity index (χ4v) is 4.42. The fourth-order valence-electron chi connectivity index (χ4n) is 4.42. The van der Waals surface area contributed by atoms with Crippen LogP contribution in [0.1, 0.15) is 114 Å². The van der Waals surface area contributed by atoms with Crippen LogP contribution >= 0.6 is 0 Å². The van der Waals surface area contributed by atoms with Gasteiger partial charge in [0.05, 0.1) is 0 Å². The first-order valence-electron chi connectivity index (χ1n) is 11.8. The maximum atomic E-state index is 2.56. The molecule has 0 saturated heterocycles. The molecule has 154 valence electrons. The van der Waals surface area contributed by atoms with Crippen LogP contribution in [0.2, 0.25) is 0 Å². The number of benzene rings is 1. The van der Waals surface area contributed by atoms with Gasteiger partial charge in [-0.05, 0) is 75.8 Å². The fraction of sp³-hybridized carbons (Fsp3) is 0.571. The van der Waals surface area contributed by atoms with Gasteiger partial charge in [-0.3, -0.25) is 0 Å². The maximum absolute atomic E-state index is 2.56. The molecule has 1 aliphatic carbocycles. The lowest BCUT2D eigenvalue weighted by Crippen LogP contribution is -2.05. The van der Waals surface area contributed by atoms with Gasteiger partial charge in [0.1, 0.15) is 0 Å². The summed E-state index contributed by atoms with van der Waals surface area (Å²) < 4.78 is 0. The van der Waals surface area contributed by atoms with Gasteiger partial charge in [-0.2, -0.15) is 0 Å². The molecule has 0 aliphatic heterocycles. The molecule has 2 rings (SSSR count). The lowest BCUT2D eigenvalue weighted by Gasteiger charge is -2.23. The molecular formula is C28H42. The third kappa shape index (κ3) is 8.21. The van der Waals surface area contributed by atoms with E-state index in [9.17, 15) is 0 Å². The summed E-state index contributed by atoms with van der Waals surface area (Å²) in [5, 5.41) is 0. The molecule has 1 saturated carbocycles. The second kappa shape index (κ2) is 13.6. The Morgan fingerprint density at radius 3 is 2.46 bits per heavy atom. The van der Waals surface area contributed by atoms with Crippen molar-refractivity contribution in [3.63, 3.8) is 0 Å². The van der Waals surface area contributed by atoms with Gasteiger partial charge in [0, 0.05) is 5.92 Å². The van der Waals surface area contributed by atoms with Crippen LogP contribution in [0.5, 0.6) is 0 Å². The molecule has 0 spiro atoms. The summed E-state index contributed by atoms with van der Waals surface area (Å²) in [6, 6.07) is 9.71. The molecule has 28 heavy (non-hydrogen) atoms. The van der Waals surface area contributed by atoms with Gasteiger partial charge >= 0.3 is 0 Å². The maximum Gasteiger partial charge on any atom is 0.00206 e. The smallest absolute Gasteiger partial charge is 0.00206 e. The van der Waals surface area contributed by atoms with E-state index < -0.39 is 0 Å². The van der Waals surface area contributed by atoms with Gasteiger partial charge in [0.25, 0.3) is 0 Å². The van der Waals surface area contributed by atoms with E-state index in [1.54, 1.807) is 11.1 Å². The first-order valence-corrected chi connectivity index (χ1v) is 11.8. The largest absolute Gasteiger partial charge is 0.0877 e. The van der Waals surface area contributed by atoms with Gasteiger partial charge in [-0.15, -0.1) is 0 Å². The number of allylic oxidation sites excluding steroid dienone is 6. The summed E-state index contributed by atoms with van der Waals surface area (Å²) in [5.41, 5.74) is 4.64. The molecule has 1 unspecified atom stereocenters. The molecule has 1 aliphatic rings. The van der Waals surface area contributed by atoms with Crippen LogP contribution in [0.15, 0.2) is 60.2 Å². The van der Waals surface area contributed by atoms with Crippen molar-refractivity contribution in [2.75, 3.05) is 0 Å². The molecular weight excluding hydrogens is 336 g/mol. The quantitative estimate of drug-likeness (QED) is 0.204. The Labute approximate surface area is 174 Å². The van der Waals surface area contributed by atoms with Crippen LogP contribution < -0.4 is 0 Å². The Morgan fingerprint density at radius 2 is 1.79 bits per heavy atom. The second-order valence-corrected chi connectivity index (χ2v) is 8.61. The molecule has 1 atom stereocenters. The first kappa shape index (κ1) is 22.7. The molecule has 0 bridgehead atoms. The van der Waals surface area contributed by atoms with E-state index in [1.165, 1.54) is 76.2 Å². The SMILES string of the molecule is C/C=C\C=C/CCCC(/C=C(\C)CCCC)c1ccc(C2CCCCC2)cc1. The molecule has 0 heteroatoms. The molecule has 0 aromatic heterocycles. The standard InChI is InChI=1S/C28H42/c1-4-6-8-9-10-12-18-28(23-24(3)15-7-5-2)27-21-19-26(20-22-27)25-16-13-11-14-17-25/h4,6,8-9,19-23,25,28H,5,7,10-18H2,1-3H3/b6-4-,9-8-,24-23+. The molecule has 0 heterocycles.